The maximum absolute atomic E-state index is 6.00. The van der Waals surface area contributed by atoms with Crippen LogP contribution < -0.4 is 10.6 Å². The monoisotopic (exact) mass is 450 g/mol. The fraction of sp³-hybridized carbons (Fsp3) is 0.588. The first-order chi connectivity index (χ1) is 10.7. The molecule has 1 saturated heterocycles. The Bertz CT molecular complexity index is 487. The summed E-state index contributed by atoms with van der Waals surface area (Å²) in [5.41, 5.74) is 1.16. The third-order valence-corrected chi connectivity index (χ3v) is 4.49. The van der Waals surface area contributed by atoms with Crippen molar-refractivity contribution >= 4 is 41.5 Å². The molecule has 0 unspecified atom stereocenters. The average molecular weight is 451 g/mol. The zero-order chi connectivity index (χ0) is 15.8. The average Bonchev–Trinajstić information content (AvgIpc) is 2.52. The van der Waals surface area contributed by atoms with E-state index in [0.717, 1.165) is 35.6 Å². The minimum atomic E-state index is 0. The van der Waals surface area contributed by atoms with Crippen LogP contribution in [0.25, 0.3) is 0 Å². The van der Waals surface area contributed by atoms with E-state index in [1.165, 1.54) is 32.4 Å². The Labute approximate surface area is 162 Å². The molecule has 0 amide bonds. The van der Waals surface area contributed by atoms with Crippen molar-refractivity contribution in [2.45, 2.75) is 25.8 Å². The molecule has 0 saturated carbocycles. The van der Waals surface area contributed by atoms with Gasteiger partial charge < -0.3 is 15.5 Å². The highest BCUT2D eigenvalue weighted by Gasteiger charge is 2.16. The molecular formula is C17H28ClIN4. The molecule has 0 bridgehead atoms. The molecular weight excluding hydrogens is 423 g/mol. The second-order valence-corrected chi connectivity index (χ2v) is 6.45. The molecule has 2 N–H and O–H groups in total. The summed E-state index contributed by atoms with van der Waals surface area (Å²) in [6.45, 7) is 4.16. The van der Waals surface area contributed by atoms with Crippen LogP contribution in [-0.4, -0.2) is 44.6 Å². The lowest BCUT2D eigenvalue weighted by atomic mass is 9.94. The lowest BCUT2D eigenvalue weighted by Crippen LogP contribution is -2.38. The molecule has 1 heterocycles. The van der Waals surface area contributed by atoms with Gasteiger partial charge in [0.25, 0.3) is 0 Å². The SMILES string of the molecule is CN=C(NCCC1CCN(C)CC1)NCc1cccc(Cl)c1.I. The summed E-state index contributed by atoms with van der Waals surface area (Å²) in [6.07, 6.45) is 3.84. The van der Waals surface area contributed by atoms with Gasteiger partial charge in [-0.05, 0) is 63.0 Å². The number of aliphatic imine (C=N–C) groups is 1. The Kier molecular flexibility index (Phi) is 9.90. The highest BCUT2D eigenvalue weighted by Crippen LogP contribution is 2.18. The molecule has 1 fully saturated rings. The molecule has 0 aliphatic carbocycles. The Morgan fingerprint density at radius 3 is 2.70 bits per heavy atom. The van der Waals surface area contributed by atoms with Crippen molar-refractivity contribution < 1.29 is 0 Å². The zero-order valence-electron chi connectivity index (χ0n) is 14.0. The molecule has 4 nitrogen and oxygen atoms in total. The highest BCUT2D eigenvalue weighted by atomic mass is 127. The van der Waals surface area contributed by atoms with Gasteiger partial charge in [-0.1, -0.05) is 23.7 Å². The van der Waals surface area contributed by atoms with E-state index in [4.69, 9.17) is 11.6 Å². The van der Waals surface area contributed by atoms with E-state index in [9.17, 15) is 0 Å². The van der Waals surface area contributed by atoms with Gasteiger partial charge in [-0.15, -0.1) is 24.0 Å². The molecule has 6 heteroatoms. The Hall–Kier alpha value is -0.530. The molecule has 0 radical (unpaired) electrons. The molecule has 0 spiro atoms. The van der Waals surface area contributed by atoms with Crippen LogP contribution in [0.3, 0.4) is 0 Å². The van der Waals surface area contributed by atoms with Gasteiger partial charge in [-0.3, -0.25) is 4.99 Å². The first kappa shape index (κ1) is 20.5. The molecule has 1 aromatic rings. The van der Waals surface area contributed by atoms with E-state index in [-0.39, 0.29) is 24.0 Å². The van der Waals surface area contributed by atoms with Gasteiger partial charge in [-0.2, -0.15) is 0 Å². The minimum Gasteiger partial charge on any atom is -0.356 e. The van der Waals surface area contributed by atoms with Crippen LogP contribution in [0.15, 0.2) is 29.3 Å². The Morgan fingerprint density at radius 2 is 2.04 bits per heavy atom. The number of nitrogens with one attached hydrogen (secondary N) is 2. The summed E-state index contributed by atoms with van der Waals surface area (Å²) in [5, 5.41) is 7.50. The smallest absolute Gasteiger partial charge is 0.191 e. The van der Waals surface area contributed by atoms with Crippen LogP contribution in [0.1, 0.15) is 24.8 Å². The van der Waals surface area contributed by atoms with E-state index in [1.807, 2.05) is 25.2 Å². The zero-order valence-corrected chi connectivity index (χ0v) is 17.1. The topological polar surface area (TPSA) is 39.7 Å². The molecule has 2 rings (SSSR count). The van der Waals surface area contributed by atoms with Gasteiger partial charge >= 0.3 is 0 Å². The molecule has 0 atom stereocenters. The third kappa shape index (κ3) is 7.72. The van der Waals surface area contributed by atoms with Crippen molar-refractivity contribution in [3.8, 4) is 0 Å². The van der Waals surface area contributed by atoms with Crippen LogP contribution in [0.2, 0.25) is 5.02 Å². The molecule has 1 aromatic carbocycles. The first-order valence-electron chi connectivity index (χ1n) is 8.05. The molecule has 0 aromatic heterocycles. The number of benzene rings is 1. The number of likely N-dealkylation sites (tertiary alicyclic amines) is 1. The molecule has 130 valence electrons. The van der Waals surface area contributed by atoms with Crippen LogP contribution >= 0.6 is 35.6 Å². The number of halogens is 2. The quantitative estimate of drug-likeness (QED) is 0.410. The minimum absolute atomic E-state index is 0. The van der Waals surface area contributed by atoms with Gasteiger partial charge in [0.1, 0.15) is 0 Å². The van der Waals surface area contributed by atoms with E-state index >= 15 is 0 Å². The maximum Gasteiger partial charge on any atom is 0.191 e. The summed E-state index contributed by atoms with van der Waals surface area (Å²) in [4.78, 5) is 6.69. The van der Waals surface area contributed by atoms with Crippen molar-refractivity contribution in [3.63, 3.8) is 0 Å². The predicted molar refractivity (Wildman–Crippen MR) is 110 cm³/mol. The van der Waals surface area contributed by atoms with Gasteiger partial charge in [0, 0.05) is 25.2 Å². The second-order valence-electron chi connectivity index (χ2n) is 6.02. The normalized spacial score (nSPS) is 16.7. The Balaban J connectivity index is 0.00000264. The van der Waals surface area contributed by atoms with E-state index in [0.29, 0.717) is 0 Å². The summed E-state index contributed by atoms with van der Waals surface area (Å²) in [7, 11) is 4.01. The number of rotatable bonds is 5. The fourth-order valence-electron chi connectivity index (χ4n) is 2.80. The number of guanidine groups is 1. The number of nitrogens with zero attached hydrogens (tertiary/aromatic N) is 2. The van der Waals surface area contributed by atoms with Gasteiger partial charge in [0.2, 0.25) is 0 Å². The summed E-state index contributed by atoms with van der Waals surface area (Å²) in [5.74, 6) is 1.70. The highest BCUT2D eigenvalue weighted by molar-refractivity contribution is 14.0. The molecule has 1 aliphatic rings. The second kappa shape index (κ2) is 11.1. The van der Waals surface area contributed by atoms with Gasteiger partial charge in [0.05, 0.1) is 0 Å². The van der Waals surface area contributed by atoms with Crippen molar-refractivity contribution in [2.75, 3.05) is 33.7 Å². The fourth-order valence-corrected chi connectivity index (χ4v) is 3.01. The van der Waals surface area contributed by atoms with Crippen LogP contribution in [0.5, 0.6) is 0 Å². The first-order valence-corrected chi connectivity index (χ1v) is 8.42. The number of hydrogen-bond acceptors (Lipinski definition) is 2. The molecule has 23 heavy (non-hydrogen) atoms. The number of hydrogen-bond donors (Lipinski definition) is 2. The predicted octanol–water partition coefficient (Wildman–Crippen LogP) is 3.35. The van der Waals surface area contributed by atoms with Gasteiger partial charge in [-0.25, -0.2) is 0 Å². The van der Waals surface area contributed by atoms with Crippen molar-refractivity contribution in [3.05, 3.63) is 34.9 Å². The van der Waals surface area contributed by atoms with Crippen molar-refractivity contribution in [1.29, 1.82) is 0 Å². The summed E-state index contributed by atoms with van der Waals surface area (Å²) < 4.78 is 0. The van der Waals surface area contributed by atoms with Crippen LogP contribution in [-0.2, 0) is 6.54 Å². The van der Waals surface area contributed by atoms with Crippen molar-refractivity contribution in [2.24, 2.45) is 10.9 Å². The van der Waals surface area contributed by atoms with Crippen LogP contribution in [0, 0.1) is 5.92 Å². The van der Waals surface area contributed by atoms with E-state index in [2.05, 4.69) is 33.6 Å². The van der Waals surface area contributed by atoms with Crippen LogP contribution in [0.4, 0.5) is 0 Å². The van der Waals surface area contributed by atoms with E-state index in [1.54, 1.807) is 0 Å². The molecule has 1 aliphatic heterocycles. The summed E-state index contributed by atoms with van der Waals surface area (Å²) in [6, 6.07) is 7.89. The maximum atomic E-state index is 6.00. The standard InChI is InChI=1S/C17H27ClN4.HI/c1-19-17(21-13-15-4-3-5-16(18)12-15)20-9-6-14-7-10-22(2)11-8-14;/h3-5,12,14H,6-11,13H2,1-2H3,(H2,19,20,21);1H. The van der Waals surface area contributed by atoms with Crippen molar-refractivity contribution in [1.82, 2.24) is 15.5 Å². The lowest BCUT2D eigenvalue weighted by Gasteiger charge is -2.29. The number of piperidine rings is 1. The van der Waals surface area contributed by atoms with E-state index < -0.39 is 0 Å². The largest absolute Gasteiger partial charge is 0.356 e. The van der Waals surface area contributed by atoms with Gasteiger partial charge in [0.15, 0.2) is 5.96 Å². The third-order valence-electron chi connectivity index (χ3n) is 4.26. The lowest BCUT2D eigenvalue weighted by molar-refractivity contribution is 0.213. The Morgan fingerprint density at radius 1 is 1.30 bits per heavy atom. The summed E-state index contributed by atoms with van der Waals surface area (Å²) >= 11 is 6.00.